The molecule has 0 aliphatic heterocycles. The highest BCUT2D eigenvalue weighted by Gasteiger charge is 2.11. The summed E-state index contributed by atoms with van der Waals surface area (Å²) in [6.07, 6.45) is 0. The van der Waals surface area contributed by atoms with Gasteiger partial charge in [0.15, 0.2) is 5.82 Å². The largest absolute Gasteiger partial charge is 0.481 e. The van der Waals surface area contributed by atoms with E-state index in [0.717, 1.165) is 0 Å². The van der Waals surface area contributed by atoms with Crippen LogP contribution in [-0.2, 0) is 11.8 Å². The van der Waals surface area contributed by atoms with Gasteiger partial charge in [-0.05, 0) is 6.92 Å². The van der Waals surface area contributed by atoms with Crippen molar-refractivity contribution in [1.82, 2.24) is 9.78 Å². The lowest BCUT2D eigenvalue weighted by Gasteiger charge is -2.03. The molecule has 0 aliphatic carbocycles. The molecule has 0 unspecified atom stereocenters. The van der Waals surface area contributed by atoms with Crippen molar-refractivity contribution < 1.29 is 9.53 Å². The van der Waals surface area contributed by atoms with Crippen LogP contribution in [0.15, 0.2) is 6.07 Å². The number of hydrogen-bond donors (Lipinski definition) is 2. The monoisotopic (exact) mass is 198 g/mol. The van der Waals surface area contributed by atoms with E-state index in [2.05, 4.69) is 10.4 Å². The average Bonchev–Trinajstić information content (AvgIpc) is 2.45. The van der Waals surface area contributed by atoms with Crippen LogP contribution in [0.3, 0.4) is 0 Å². The van der Waals surface area contributed by atoms with Gasteiger partial charge in [-0.15, -0.1) is 0 Å². The number of aromatic nitrogens is 2. The minimum Gasteiger partial charge on any atom is -0.481 e. The number of aryl methyl sites for hydroxylation is 1. The van der Waals surface area contributed by atoms with Crippen LogP contribution in [-0.4, -0.2) is 28.8 Å². The van der Waals surface area contributed by atoms with Crippen LogP contribution in [0, 0.1) is 0 Å². The van der Waals surface area contributed by atoms with Crippen LogP contribution in [0.1, 0.15) is 6.92 Å². The third-order valence-electron chi connectivity index (χ3n) is 1.71. The third-order valence-corrected chi connectivity index (χ3v) is 1.71. The Kier molecular flexibility index (Phi) is 3.08. The number of ether oxygens (including phenoxy) is 1. The van der Waals surface area contributed by atoms with Crippen LogP contribution in [0.25, 0.3) is 0 Å². The van der Waals surface area contributed by atoms with E-state index in [-0.39, 0.29) is 5.91 Å². The highest BCUT2D eigenvalue weighted by atomic mass is 16.5. The second kappa shape index (κ2) is 4.10. The second-order valence-electron chi connectivity index (χ2n) is 2.97. The van der Waals surface area contributed by atoms with Gasteiger partial charge in [0.05, 0.1) is 13.2 Å². The fourth-order valence-corrected chi connectivity index (χ4v) is 0.942. The molecule has 6 nitrogen and oxygen atoms in total. The predicted molar refractivity (Wildman–Crippen MR) is 52.0 cm³/mol. The van der Waals surface area contributed by atoms with Gasteiger partial charge in [0, 0.05) is 13.1 Å². The number of amides is 1. The molecule has 3 N–H and O–H groups in total. The zero-order chi connectivity index (χ0) is 10.7. The number of carbonyl (C=O) groups is 1. The average molecular weight is 198 g/mol. The number of rotatable bonds is 3. The molecule has 0 radical (unpaired) electrons. The zero-order valence-corrected chi connectivity index (χ0v) is 8.44. The van der Waals surface area contributed by atoms with Gasteiger partial charge in [-0.1, -0.05) is 0 Å². The molecule has 0 saturated carbocycles. The van der Waals surface area contributed by atoms with E-state index in [9.17, 15) is 4.79 Å². The van der Waals surface area contributed by atoms with E-state index < -0.39 is 6.04 Å². The fourth-order valence-electron chi connectivity index (χ4n) is 0.942. The number of carbonyl (C=O) groups excluding carboxylic acids is 1. The molecule has 1 heterocycles. The minimum atomic E-state index is -0.553. The van der Waals surface area contributed by atoms with E-state index in [1.54, 1.807) is 20.0 Å². The Morgan fingerprint density at radius 2 is 2.43 bits per heavy atom. The smallest absolute Gasteiger partial charge is 0.242 e. The summed E-state index contributed by atoms with van der Waals surface area (Å²) in [5.74, 6) is 0.738. The Hall–Kier alpha value is -1.56. The minimum absolute atomic E-state index is 0.272. The normalized spacial score (nSPS) is 12.3. The summed E-state index contributed by atoms with van der Waals surface area (Å²) in [5, 5.41) is 6.57. The Morgan fingerprint density at radius 3 is 2.86 bits per heavy atom. The van der Waals surface area contributed by atoms with Crippen molar-refractivity contribution in [1.29, 1.82) is 0 Å². The molecule has 1 rings (SSSR count). The van der Waals surface area contributed by atoms with E-state index in [1.807, 2.05) is 0 Å². The summed E-state index contributed by atoms with van der Waals surface area (Å²) < 4.78 is 6.51. The highest BCUT2D eigenvalue weighted by molar-refractivity contribution is 5.93. The molecular formula is C8H14N4O2. The van der Waals surface area contributed by atoms with Crippen LogP contribution < -0.4 is 15.8 Å². The fraction of sp³-hybridized carbons (Fsp3) is 0.500. The molecule has 0 spiro atoms. The Bertz CT molecular complexity index is 332. The maximum atomic E-state index is 11.2. The first kappa shape index (κ1) is 10.5. The van der Waals surface area contributed by atoms with E-state index in [4.69, 9.17) is 10.5 Å². The first-order valence-corrected chi connectivity index (χ1v) is 4.19. The molecule has 1 amide bonds. The maximum absolute atomic E-state index is 11.2. The summed E-state index contributed by atoms with van der Waals surface area (Å²) in [7, 11) is 3.26. The van der Waals surface area contributed by atoms with Crippen LogP contribution >= 0.6 is 0 Å². The summed E-state index contributed by atoms with van der Waals surface area (Å²) in [6.45, 7) is 1.61. The van der Waals surface area contributed by atoms with E-state index in [1.165, 1.54) is 11.8 Å². The first-order chi connectivity index (χ1) is 6.54. The Labute approximate surface area is 82.0 Å². The summed E-state index contributed by atoms with van der Waals surface area (Å²) in [5.41, 5.74) is 5.38. The van der Waals surface area contributed by atoms with Crippen molar-refractivity contribution >= 4 is 11.7 Å². The van der Waals surface area contributed by atoms with Gasteiger partial charge in [-0.2, -0.15) is 5.10 Å². The van der Waals surface area contributed by atoms with Crippen molar-refractivity contribution in [3.63, 3.8) is 0 Å². The lowest BCUT2D eigenvalue weighted by Crippen LogP contribution is -2.32. The second-order valence-corrected chi connectivity index (χ2v) is 2.97. The number of nitrogens with zero attached hydrogens (tertiary/aromatic N) is 2. The maximum Gasteiger partial charge on any atom is 0.242 e. The quantitative estimate of drug-likeness (QED) is 0.699. The predicted octanol–water partition coefficient (Wildman–Crippen LogP) is -0.286. The highest BCUT2D eigenvalue weighted by Crippen LogP contribution is 2.14. The Morgan fingerprint density at radius 1 is 1.79 bits per heavy atom. The summed E-state index contributed by atoms with van der Waals surface area (Å²) in [4.78, 5) is 11.2. The molecule has 1 atom stereocenters. The van der Waals surface area contributed by atoms with E-state index in [0.29, 0.717) is 11.7 Å². The van der Waals surface area contributed by atoms with Crippen molar-refractivity contribution in [2.75, 3.05) is 12.4 Å². The Balaban J connectivity index is 2.73. The molecule has 78 valence electrons. The van der Waals surface area contributed by atoms with Crippen molar-refractivity contribution in [3.05, 3.63) is 6.07 Å². The first-order valence-electron chi connectivity index (χ1n) is 4.19. The molecule has 14 heavy (non-hydrogen) atoms. The lowest BCUT2D eigenvalue weighted by atomic mass is 10.3. The van der Waals surface area contributed by atoms with Crippen molar-refractivity contribution in [2.45, 2.75) is 13.0 Å². The zero-order valence-electron chi connectivity index (χ0n) is 8.44. The van der Waals surface area contributed by atoms with Crippen LogP contribution in [0.4, 0.5) is 5.82 Å². The number of nitrogens with one attached hydrogen (secondary N) is 1. The number of nitrogens with two attached hydrogens (primary N) is 1. The standard InChI is InChI=1S/C8H14N4O2/c1-5(9)8(13)10-6-4-7(14-3)12(2)11-6/h4-5H,9H2,1-3H3,(H,10,11,13)/t5-/m0/s1. The number of methoxy groups -OCH3 is 1. The van der Waals surface area contributed by atoms with Gasteiger partial charge < -0.3 is 15.8 Å². The van der Waals surface area contributed by atoms with Gasteiger partial charge in [0.1, 0.15) is 0 Å². The SMILES string of the molecule is COc1cc(NC(=O)[C@H](C)N)nn1C. The molecule has 0 aromatic carbocycles. The van der Waals surface area contributed by atoms with Crippen LogP contribution in [0.5, 0.6) is 5.88 Å². The van der Waals surface area contributed by atoms with Gasteiger partial charge in [-0.3, -0.25) is 4.79 Å². The summed E-state index contributed by atoms with van der Waals surface area (Å²) in [6, 6.07) is 1.07. The number of anilines is 1. The van der Waals surface area contributed by atoms with E-state index >= 15 is 0 Å². The van der Waals surface area contributed by atoms with Crippen molar-refractivity contribution in [2.24, 2.45) is 12.8 Å². The molecule has 0 bridgehead atoms. The van der Waals surface area contributed by atoms with Gasteiger partial charge in [-0.25, -0.2) is 4.68 Å². The van der Waals surface area contributed by atoms with Gasteiger partial charge >= 0.3 is 0 Å². The van der Waals surface area contributed by atoms with Crippen LogP contribution in [0.2, 0.25) is 0 Å². The lowest BCUT2D eigenvalue weighted by molar-refractivity contribution is -0.117. The topological polar surface area (TPSA) is 82.2 Å². The third kappa shape index (κ3) is 2.23. The van der Waals surface area contributed by atoms with Gasteiger partial charge in [0.25, 0.3) is 0 Å². The molecular weight excluding hydrogens is 184 g/mol. The molecule has 0 saturated heterocycles. The molecule has 6 heteroatoms. The molecule has 1 aromatic rings. The molecule has 1 aromatic heterocycles. The number of hydrogen-bond acceptors (Lipinski definition) is 4. The molecule has 0 aliphatic rings. The van der Waals surface area contributed by atoms with Crippen molar-refractivity contribution in [3.8, 4) is 5.88 Å². The molecule has 0 fully saturated rings. The van der Waals surface area contributed by atoms with Gasteiger partial charge in [0.2, 0.25) is 11.8 Å². The summed E-state index contributed by atoms with van der Waals surface area (Å²) >= 11 is 0.